The number of ether oxygens (including phenoxy) is 2. The first kappa shape index (κ1) is 49.4. The number of non-ortho nitro benzene ring substituents is 1. The fraction of sp³-hybridized carbons (Fsp3) is 0.213. The van der Waals surface area contributed by atoms with Gasteiger partial charge in [0.15, 0.2) is 17.3 Å². The summed E-state index contributed by atoms with van der Waals surface area (Å²) in [7, 11) is 0. The lowest BCUT2D eigenvalue weighted by molar-refractivity contribution is -0.384. The van der Waals surface area contributed by atoms with E-state index in [0.29, 0.717) is 5.56 Å². The van der Waals surface area contributed by atoms with Crippen LogP contribution in [0.15, 0.2) is 103 Å². The van der Waals surface area contributed by atoms with Crippen LogP contribution in [0, 0.1) is 16.0 Å². The van der Waals surface area contributed by atoms with Gasteiger partial charge in [-0.05, 0) is 112 Å². The van der Waals surface area contributed by atoms with Crippen molar-refractivity contribution in [2.75, 3.05) is 22.6 Å². The average Bonchev–Trinajstić information content (AvgIpc) is 3.28. The number of nitro groups is 1. The number of aromatic hydroxyl groups is 1. The topological polar surface area (TPSA) is 316 Å². The SMILES string of the molecule is CC(C)Oc1cc(C(=O)O)ccc1NC(=O)c1ccc(NC(=O)c2ccc(CC(=O)C(NC(=O)c3ccc(NC(=O)c4ccc([N+](=O)[O-])cc4)cc3)C(CO)C(N)=O)cc2)c(OC(C)C)c1O. The number of aliphatic hydroxyl groups excluding tert-OH is 1. The third-order valence-electron chi connectivity index (χ3n) is 9.76. The lowest BCUT2D eigenvalue weighted by atomic mass is 9.91. The number of benzene rings is 5. The molecule has 0 aliphatic heterocycles. The molecule has 20 nitrogen and oxygen atoms in total. The molecule has 5 amide bonds. The second kappa shape index (κ2) is 21.8. The van der Waals surface area contributed by atoms with Gasteiger partial charge in [-0.1, -0.05) is 12.1 Å². The number of nitrogens with one attached hydrogen (secondary N) is 4. The van der Waals surface area contributed by atoms with Crippen LogP contribution in [-0.4, -0.2) is 86.4 Å². The molecule has 5 aromatic carbocycles. The van der Waals surface area contributed by atoms with Gasteiger partial charge in [-0.15, -0.1) is 0 Å². The molecule has 0 spiro atoms. The summed E-state index contributed by atoms with van der Waals surface area (Å²) in [4.78, 5) is 101. The quantitative estimate of drug-likeness (QED) is 0.0361. The predicted molar refractivity (Wildman–Crippen MR) is 243 cm³/mol. The summed E-state index contributed by atoms with van der Waals surface area (Å²) in [6.45, 7) is 5.88. The second-order valence-corrected chi connectivity index (χ2v) is 15.4. The first-order valence-electron chi connectivity index (χ1n) is 20.4. The van der Waals surface area contributed by atoms with Gasteiger partial charge in [-0.2, -0.15) is 0 Å². The number of amides is 5. The molecule has 0 aromatic heterocycles. The Balaban J connectivity index is 1.27. The van der Waals surface area contributed by atoms with Crippen LogP contribution in [0.2, 0.25) is 0 Å². The van der Waals surface area contributed by atoms with Crippen molar-refractivity contribution in [1.82, 2.24) is 5.32 Å². The third-order valence-corrected chi connectivity index (χ3v) is 9.76. The van der Waals surface area contributed by atoms with Crippen LogP contribution in [0.3, 0.4) is 0 Å². The van der Waals surface area contributed by atoms with Crippen molar-refractivity contribution in [3.8, 4) is 17.2 Å². The van der Waals surface area contributed by atoms with Crippen LogP contribution in [0.5, 0.6) is 17.2 Å². The van der Waals surface area contributed by atoms with E-state index in [1.165, 1.54) is 103 Å². The summed E-state index contributed by atoms with van der Waals surface area (Å²) in [5.41, 5.74) is 6.01. The maximum absolute atomic E-state index is 13.7. The maximum Gasteiger partial charge on any atom is 0.335 e. The van der Waals surface area contributed by atoms with E-state index in [1.54, 1.807) is 27.7 Å². The zero-order valence-electron chi connectivity index (χ0n) is 36.4. The number of phenols is 1. The Labute approximate surface area is 382 Å². The second-order valence-electron chi connectivity index (χ2n) is 15.4. The van der Waals surface area contributed by atoms with Gasteiger partial charge in [0.25, 0.3) is 29.3 Å². The minimum absolute atomic E-state index is 0.00312. The van der Waals surface area contributed by atoms with Gasteiger partial charge in [-0.25, -0.2) is 4.79 Å². The molecule has 5 aromatic rings. The fourth-order valence-corrected chi connectivity index (χ4v) is 6.42. The number of primary amides is 1. The highest BCUT2D eigenvalue weighted by Crippen LogP contribution is 2.39. The van der Waals surface area contributed by atoms with E-state index in [-0.39, 0.29) is 74.6 Å². The standard InChI is InChI=1S/C47H46N6O14/c1-24(2)66-38-22-30(47(62)63)13-19-35(38)50-46(61)33-18-20-36(41(40(33)56)67-25(3)4)51-44(59)27-7-5-26(6-8-27)21-37(55)39(34(23-54)42(48)57)52-45(60)28-9-14-31(15-10-28)49-43(58)29-11-16-32(17-12-29)53(64)65/h5-20,22,24-25,34,39,54,56H,21,23H2,1-4H3,(H2,48,57)(H,49,58)(H,50,61)(H,51,59)(H,52,60)(H,62,63). The number of aliphatic hydroxyl groups is 1. The van der Waals surface area contributed by atoms with Crippen molar-refractivity contribution in [3.05, 3.63) is 147 Å². The molecule has 0 aliphatic rings. The molecule has 5 rings (SSSR count). The van der Waals surface area contributed by atoms with Crippen LogP contribution in [0.1, 0.15) is 85.0 Å². The number of aromatic carboxylic acids is 1. The van der Waals surface area contributed by atoms with E-state index in [4.69, 9.17) is 15.2 Å². The Bertz CT molecular complexity index is 2700. The Morgan fingerprint density at radius 2 is 1.19 bits per heavy atom. The monoisotopic (exact) mass is 918 g/mol. The molecular formula is C47H46N6O14. The lowest BCUT2D eigenvalue weighted by Gasteiger charge is -2.23. The van der Waals surface area contributed by atoms with Crippen molar-refractivity contribution < 1.29 is 63.3 Å². The number of Topliss-reactive ketones (excluding diaryl/α,β-unsaturated/α-hetero) is 1. The third kappa shape index (κ3) is 12.8. The van der Waals surface area contributed by atoms with E-state index in [0.717, 1.165) is 0 Å². The van der Waals surface area contributed by atoms with E-state index in [9.17, 15) is 59.0 Å². The summed E-state index contributed by atoms with van der Waals surface area (Å²) in [6.07, 6.45) is -1.27. The highest BCUT2D eigenvalue weighted by molar-refractivity contribution is 6.10. The molecule has 0 bridgehead atoms. The smallest absolute Gasteiger partial charge is 0.335 e. The van der Waals surface area contributed by atoms with E-state index >= 15 is 0 Å². The Kier molecular flexibility index (Phi) is 16.1. The molecule has 0 radical (unpaired) electrons. The summed E-state index contributed by atoms with van der Waals surface area (Å²) in [5, 5.41) is 51.9. The number of carbonyl (C=O) groups is 7. The largest absolute Gasteiger partial charge is 0.504 e. The summed E-state index contributed by atoms with van der Waals surface area (Å²) in [5.74, 6) is -8.07. The number of nitro benzene ring substituents is 1. The first-order chi connectivity index (χ1) is 31.8. The predicted octanol–water partition coefficient (Wildman–Crippen LogP) is 5.33. The molecule has 67 heavy (non-hydrogen) atoms. The minimum Gasteiger partial charge on any atom is -0.504 e. The van der Waals surface area contributed by atoms with Crippen molar-refractivity contribution in [1.29, 1.82) is 0 Å². The number of carbonyl (C=O) groups excluding carboxylic acids is 6. The number of anilines is 3. The summed E-state index contributed by atoms with van der Waals surface area (Å²) < 4.78 is 11.5. The van der Waals surface area contributed by atoms with Crippen LogP contribution in [-0.2, 0) is 16.0 Å². The Morgan fingerprint density at radius 1 is 0.672 bits per heavy atom. The van der Waals surface area contributed by atoms with Gasteiger partial charge < -0.3 is 51.8 Å². The number of nitrogens with two attached hydrogens (primary N) is 1. The van der Waals surface area contributed by atoms with Gasteiger partial charge in [-0.3, -0.25) is 38.9 Å². The van der Waals surface area contributed by atoms with Gasteiger partial charge in [0.2, 0.25) is 5.91 Å². The van der Waals surface area contributed by atoms with Crippen LogP contribution in [0.25, 0.3) is 0 Å². The number of rotatable bonds is 20. The minimum atomic E-state index is -1.58. The summed E-state index contributed by atoms with van der Waals surface area (Å²) >= 11 is 0. The highest BCUT2D eigenvalue weighted by Gasteiger charge is 2.34. The van der Waals surface area contributed by atoms with Gasteiger partial charge >= 0.3 is 5.97 Å². The molecule has 20 heteroatoms. The number of phenolic OH excluding ortho intramolecular Hbond substituents is 1. The molecule has 2 atom stereocenters. The van der Waals surface area contributed by atoms with E-state index in [2.05, 4.69) is 21.3 Å². The molecule has 2 unspecified atom stereocenters. The van der Waals surface area contributed by atoms with E-state index in [1.807, 2.05) is 0 Å². The normalized spacial score (nSPS) is 11.7. The highest BCUT2D eigenvalue weighted by atomic mass is 16.6. The average molecular weight is 919 g/mol. The van der Waals surface area contributed by atoms with Gasteiger partial charge in [0, 0.05) is 40.9 Å². The zero-order chi connectivity index (χ0) is 49.1. The molecule has 348 valence electrons. The molecule has 9 N–H and O–H groups in total. The van der Waals surface area contributed by atoms with E-state index < -0.39 is 76.6 Å². The van der Waals surface area contributed by atoms with Crippen LogP contribution < -0.4 is 36.5 Å². The molecule has 0 heterocycles. The Morgan fingerprint density at radius 3 is 1.75 bits per heavy atom. The van der Waals surface area contributed by atoms with Crippen molar-refractivity contribution >= 4 is 64.0 Å². The molecule has 0 saturated carbocycles. The van der Waals surface area contributed by atoms with Crippen molar-refractivity contribution in [2.45, 2.75) is 52.4 Å². The summed E-state index contributed by atoms with van der Waals surface area (Å²) in [6, 6.07) is 21.0. The molecule has 0 saturated heterocycles. The van der Waals surface area contributed by atoms with Gasteiger partial charge in [0.1, 0.15) is 11.8 Å². The Hall–Kier alpha value is -8.65. The maximum atomic E-state index is 13.7. The van der Waals surface area contributed by atoms with Crippen molar-refractivity contribution in [2.24, 2.45) is 11.7 Å². The fourth-order valence-electron chi connectivity index (χ4n) is 6.42. The van der Waals surface area contributed by atoms with Crippen molar-refractivity contribution in [3.63, 3.8) is 0 Å². The number of nitrogens with zero attached hydrogens (tertiary/aromatic N) is 1. The number of carboxylic acid groups (broad SMARTS) is 1. The van der Waals surface area contributed by atoms with Gasteiger partial charge in [0.05, 0.1) is 52.2 Å². The number of hydrogen-bond donors (Lipinski definition) is 8. The molecular weight excluding hydrogens is 873 g/mol. The number of carboxylic acids is 1. The zero-order valence-corrected chi connectivity index (χ0v) is 36.4. The molecule has 0 fully saturated rings. The number of hydrogen-bond acceptors (Lipinski definition) is 13. The van der Waals surface area contributed by atoms with Crippen LogP contribution in [0.4, 0.5) is 22.7 Å². The molecule has 0 aliphatic carbocycles. The number of ketones is 1. The lowest BCUT2D eigenvalue weighted by Crippen LogP contribution is -2.52. The van der Waals surface area contributed by atoms with Crippen LogP contribution >= 0.6 is 0 Å². The first-order valence-corrected chi connectivity index (χ1v) is 20.4.